The summed E-state index contributed by atoms with van der Waals surface area (Å²) in [6.07, 6.45) is 5.26. The Kier molecular flexibility index (Phi) is 1.66. The van der Waals surface area contributed by atoms with E-state index in [0.29, 0.717) is 6.10 Å². The number of hydrogen-bond donors (Lipinski definition) is 0. The van der Waals surface area contributed by atoms with Crippen LogP contribution in [-0.4, -0.2) is 16.2 Å². The van der Waals surface area contributed by atoms with Crippen LogP contribution in [-0.2, 0) is 11.3 Å². The van der Waals surface area contributed by atoms with Crippen molar-refractivity contribution in [3.8, 4) is 0 Å². The molecule has 0 spiro atoms. The van der Waals surface area contributed by atoms with Crippen LogP contribution in [0.1, 0.15) is 25.1 Å². The van der Waals surface area contributed by atoms with Gasteiger partial charge in [0.1, 0.15) is 6.10 Å². The zero-order valence-electron chi connectivity index (χ0n) is 6.66. The number of epoxide rings is 1. The van der Waals surface area contributed by atoms with Crippen LogP contribution in [0.5, 0.6) is 0 Å². The first-order valence-electron chi connectivity index (χ1n) is 4.03. The maximum Gasteiger partial charge on any atom is 0.122 e. The van der Waals surface area contributed by atoms with E-state index in [1.165, 1.54) is 5.69 Å². The van der Waals surface area contributed by atoms with Crippen LogP contribution in [0.4, 0.5) is 0 Å². The molecule has 0 saturated carbocycles. The molecule has 1 saturated heterocycles. The highest BCUT2D eigenvalue weighted by molar-refractivity contribution is 5.07. The van der Waals surface area contributed by atoms with Gasteiger partial charge in [-0.3, -0.25) is 0 Å². The lowest BCUT2D eigenvalue weighted by Gasteiger charge is -2.02. The van der Waals surface area contributed by atoms with Crippen molar-refractivity contribution in [2.24, 2.45) is 0 Å². The topological polar surface area (TPSA) is 30.4 Å². The van der Waals surface area contributed by atoms with Gasteiger partial charge in [0.2, 0.25) is 0 Å². The minimum atomic E-state index is 0.337. The van der Waals surface area contributed by atoms with Crippen LogP contribution in [0.15, 0.2) is 12.5 Å². The number of aryl methyl sites for hydroxylation is 1. The van der Waals surface area contributed by atoms with Gasteiger partial charge in [0.05, 0.1) is 24.8 Å². The molecule has 1 aromatic rings. The maximum absolute atomic E-state index is 5.18. The van der Waals surface area contributed by atoms with Crippen LogP contribution >= 0.6 is 0 Å². The third-order valence-corrected chi connectivity index (χ3v) is 1.87. The van der Waals surface area contributed by atoms with Crippen molar-refractivity contribution in [2.75, 3.05) is 6.61 Å². The standard InChI is InChI=1S/C8H12N2O/c1-2-3-10-6-9-4-7(10)8-5-11-8/h4,6,8H,2-3,5H2,1H3. The normalized spacial score (nSPS) is 22.1. The molecule has 1 aliphatic rings. The summed E-state index contributed by atoms with van der Waals surface area (Å²) in [5.74, 6) is 0. The summed E-state index contributed by atoms with van der Waals surface area (Å²) in [5.41, 5.74) is 1.23. The van der Waals surface area contributed by atoms with Gasteiger partial charge in [-0.25, -0.2) is 4.98 Å². The molecule has 0 amide bonds. The summed E-state index contributed by atoms with van der Waals surface area (Å²) < 4.78 is 7.34. The van der Waals surface area contributed by atoms with E-state index in [9.17, 15) is 0 Å². The zero-order chi connectivity index (χ0) is 7.68. The zero-order valence-corrected chi connectivity index (χ0v) is 6.66. The summed E-state index contributed by atoms with van der Waals surface area (Å²) in [6.45, 7) is 4.09. The highest BCUT2D eigenvalue weighted by atomic mass is 16.6. The van der Waals surface area contributed by atoms with Gasteiger partial charge in [-0.15, -0.1) is 0 Å². The van der Waals surface area contributed by atoms with Crippen molar-refractivity contribution < 1.29 is 4.74 Å². The molecule has 1 atom stereocenters. The predicted octanol–water partition coefficient (Wildman–Crippen LogP) is 1.36. The number of nitrogens with zero attached hydrogens (tertiary/aromatic N) is 2. The van der Waals surface area contributed by atoms with E-state index in [-0.39, 0.29) is 0 Å². The molecule has 11 heavy (non-hydrogen) atoms. The fraction of sp³-hybridized carbons (Fsp3) is 0.625. The number of rotatable bonds is 3. The van der Waals surface area contributed by atoms with E-state index in [2.05, 4.69) is 16.5 Å². The smallest absolute Gasteiger partial charge is 0.122 e. The van der Waals surface area contributed by atoms with Gasteiger partial charge >= 0.3 is 0 Å². The molecule has 0 N–H and O–H groups in total. The van der Waals surface area contributed by atoms with Crippen LogP contribution in [0.25, 0.3) is 0 Å². The van der Waals surface area contributed by atoms with E-state index < -0.39 is 0 Å². The fourth-order valence-electron chi connectivity index (χ4n) is 1.25. The van der Waals surface area contributed by atoms with Crippen LogP contribution in [0, 0.1) is 0 Å². The quantitative estimate of drug-likeness (QED) is 0.612. The Hall–Kier alpha value is -0.830. The molecule has 3 heteroatoms. The molecule has 0 aliphatic carbocycles. The number of ether oxygens (including phenoxy) is 1. The minimum Gasteiger partial charge on any atom is -0.366 e. The third kappa shape index (κ3) is 1.28. The Morgan fingerprint density at radius 3 is 3.27 bits per heavy atom. The van der Waals surface area contributed by atoms with Gasteiger partial charge in [0.25, 0.3) is 0 Å². The van der Waals surface area contributed by atoms with E-state index in [0.717, 1.165) is 19.6 Å². The average Bonchev–Trinajstić information content (AvgIpc) is 2.75. The van der Waals surface area contributed by atoms with Gasteiger partial charge in [0.15, 0.2) is 0 Å². The maximum atomic E-state index is 5.18. The Morgan fingerprint density at radius 1 is 1.82 bits per heavy atom. The van der Waals surface area contributed by atoms with Crippen molar-refractivity contribution >= 4 is 0 Å². The van der Waals surface area contributed by atoms with Gasteiger partial charge in [-0.1, -0.05) is 6.92 Å². The van der Waals surface area contributed by atoms with Crippen molar-refractivity contribution in [3.63, 3.8) is 0 Å². The first-order valence-corrected chi connectivity index (χ1v) is 4.03. The fourth-order valence-corrected chi connectivity index (χ4v) is 1.25. The van der Waals surface area contributed by atoms with Gasteiger partial charge < -0.3 is 9.30 Å². The summed E-state index contributed by atoms with van der Waals surface area (Å²) in [7, 11) is 0. The molecule has 0 bridgehead atoms. The highest BCUT2D eigenvalue weighted by Gasteiger charge is 2.27. The van der Waals surface area contributed by atoms with Gasteiger partial charge in [-0.2, -0.15) is 0 Å². The molecular formula is C8H12N2O. The Balaban J connectivity index is 2.16. The lowest BCUT2D eigenvalue weighted by molar-refractivity contribution is 0.403. The Bertz CT molecular complexity index is 240. The summed E-state index contributed by atoms with van der Waals surface area (Å²) in [5, 5.41) is 0. The lowest BCUT2D eigenvalue weighted by atomic mass is 10.3. The van der Waals surface area contributed by atoms with Crippen molar-refractivity contribution in [1.29, 1.82) is 0 Å². The van der Waals surface area contributed by atoms with Crippen LogP contribution in [0.2, 0.25) is 0 Å². The Morgan fingerprint density at radius 2 is 2.64 bits per heavy atom. The molecule has 1 aromatic heterocycles. The molecule has 1 aliphatic heterocycles. The number of hydrogen-bond acceptors (Lipinski definition) is 2. The lowest BCUT2D eigenvalue weighted by Crippen LogP contribution is -1.99. The second kappa shape index (κ2) is 2.66. The highest BCUT2D eigenvalue weighted by Crippen LogP contribution is 2.29. The molecule has 2 heterocycles. The molecule has 0 radical (unpaired) electrons. The van der Waals surface area contributed by atoms with Crippen molar-refractivity contribution in [2.45, 2.75) is 26.0 Å². The first-order chi connectivity index (χ1) is 5.42. The van der Waals surface area contributed by atoms with Crippen molar-refractivity contribution in [3.05, 3.63) is 18.2 Å². The van der Waals surface area contributed by atoms with Gasteiger partial charge in [-0.05, 0) is 6.42 Å². The molecule has 0 aromatic carbocycles. The van der Waals surface area contributed by atoms with Crippen LogP contribution < -0.4 is 0 Å². The summed E-state index contributed by atoms with van der Waals surface area (Å²) in [4.78, 5) is 4.08. The van der Waals surface area contributed by atoms with E-state index in [1.807, 2.05) is 12.5 Å². The molecule has 1 fully saturated rings. The van der Waals surface area contributed by atoms with E-state index in [4.69, 9.17) is 4.74 Å². The minimum absolute atomic E-state index is 0.337. The van der Waals surface area contributed by atoms with Crippen LogP contribution in [0.3, 0.4) is 0 Å². The second-order valence-electron chi connectivity index (χ2n) is 2.83. The largest absolute Gasteiger partial charge is 0.366 e. The van der Waals surface area contributed by atoms with E-state index in [1.54, 1.807) is 0 Å². The summed E-state index contributed by atoms with van der Waals surface area (Å²) in [6, 6.07) is 0. The predicted molar refractivity (Wildman–Crippen MR) is 41.2 cm³/mol. The summed E-state index contributed by atoms with van der Waals surface area (Å²) >= 11 is 0. The first kappa shape index (κ1) is 6.85. The second-order valence-corrected chi connectivity index (χ2v) is 2.83. The average molecular weight is 152 g/mol. The molecule has 3 nitrogen and oxygen atoms in total. The number of aromatic nitrogens is 2. The van der Waals surface area contributed by atoms with Crippen molar-refractivity contribution in [1.82, 2.24) is 9.55 Å². The monoisotopic (exact) mass is 152 g/mol. The molecular weight excluding hydrogens is 140 g/mol. The Labute approximate surface area is 66.0 Å². The molecule has 1 unspecified atom stereocenters. The van der Waals surface area contributed by atoms with Gasteiger partial charge in [0, 0.05) is 6.54 Å². The number of imidazole rings is 1. The third-order valence-electron chi connectivity index (χ3n) is 1.87. The molecule has 2 rings (SSSR count). The van der Waals surface area contributed by atoms with E-state index >= 15 is 0 Å². The molecule has 60 valence electrons. The SMILES string of the molecule is CCCn1cncc1C1CO1.